The fourth-order valence-corrected chi connectivity index (χ4v) is 6.06. The second-order valence-electron chi connectivity index (χ2n) is 7.48. The third kappa shape index (κ3) is 4.54. The highest BCUT2D eigenvalue weighted by Crippen LogP contribution is 2.50. The molecule has 0 radical (unpaired) electrons. The van der Waals surface area contributed by atoms with Gasteiger partial charge in [0.2, 0.25) is 10.0 Å². The largest absolute Gasteiger partial charge is 0.478 e. The Morgan fingerprint density at radius 3 is 2.62 bits per heavy atom. The van der Waals surface area contributed by atoms with E-state index >= 15 is 0 Å². The first-order chi connectivity index (χ1) is 12.5. The lowest BCUT2D eigenvalue weighted by Gasteiger charge is -2.31. The standard InChI is InChI=1S/C20H27NO4S/c22-19(23)11-7-2-1-6-10-18-15-12-13-16(14-15)20(18)21-26(24,25)17-8-4-3-5-9-17/h3-5,7-9,11,15-16,18,20-21H,1-2,6,10,12-14H2,(H,22,23). The van der Waals surface area contributed by atoms with Gasteiger partial charge in [-0.2, -0.15) is 0 Å². The minimum Gasteiger partial charge on any atom is -0.478 e. The molecule has 6 heteroatoms. The SMILES string of the molecule is O=C(O)C=CCCCCC1C2CCC(C2)C1NS(=O)(=O)c1ccccc1. The number of nitrogens with one attached hydrogen (secondary N) is 1. The zero-order chi connectivity index (χ0) is 18.6. The van der Waals surface area contributed by atoms with Crippen molar-refractivity contribution in [1.82, 2.24) is 4.72 Å². The number of sulfonamides is 1. The molecule has 0 amide bonds. The fourth-order valence-electron chi connectivity index (χ4n) is 4.68. The zero-order valence-corrected chi connectivity index (χ0v) is 15.7. The minimum absolute atomic E-state index is 0.0357. The van der Waals surface area contributed by atoms with Crippen LogP contribution in [0.1, 0.15) is 44.9 Å². The van der Waals surface area contributed by atoms with Crippen molar-refractivity contribution in [2.45, 2.75) is 55.9 Å². The van der Waals surface area contributed by atoms with Crippen molar-refractivity contribution in [3.05, 3.63) is 42.5 Å². The van der Waals surface area contributed by atoms with Gasteiger partial charge in [0.25, 0.3) is 0 Å². The van der Waals surface area contributed by atoms with Crippen LogP contribution in [0.4, 0.5) is 0 Å². The third-order valence-corrected chi connectivity index (χ3v) is 7.33. The lowest BCUT2D eigenvalue weighted by molar-refractivity contribution is -0.131. The Hall–Kier alpha value is -1.66. The fraction of sp³-hybridized carbons (Fsp3) is 0.550. The van der Waals surface area contributed by atoms with Gasteiger partial charge in [-0.3, -0.25) is 0 Å². The average molecular weight is 378 g/mol. The number of benzene rings is 1. The number of carboxylic acids is 1. The van der Waals surface area contributed by atoms with E-state index in [9.17, 15) is 13.2 Å². The predicted molar refractivity (Wildman–Crippen MR) is 100 cm³/mol. The number of allylic oxidation sites excluding steroid dienone is 1. The summed E-state index contributed by atoms with van der Waals surface area (Å²) in [5, 5.41) is 8.60. The lowest BCUT2D eigenvalue weighted by Crippen LogP contribution is -2.43. The molecule has 2 bridgehead atoms. The van der Waals surface area contributed by atoms with Gasteiger partial charge in [-0.25, -0.2) is 17.9 Å². The van der Waals surface area contributed by atoms with E-state index in [4.69, 9.17) is 5.11 Å². The molecule has 5 nitrogen and oxygen atoms in total. The maximum Gasteiger partial charge on any atom is 0.327 e. The second kappa shape index (κ2) is 8.35. The Labute approximate surface area is 155 Å². The van der Waals surface area contributed by atoms with Gasteiger partial charge in [-0.1, -0.05) is 30.7 Å². The Morgan fingerprint density at radius 2 is 1.88 bits per heavy atom. The summed E-state index contributed by atoms with van der Waals surface area (Å²) in [5.41, 5.74) is 0. The van der Waals surface area contributed by atoms with Gasteiger partial charge in [-0.15, -0.1) is 0 Å². The normalized spacial score (nSPS) is 28.0. The molecule has 26 heavy (non-hydrogen) atoms. The maximum absolute atomic E-state index is 12.7. The highest BCUT2D eigenvalue weighted by atomic mass is 32.2. The van der Waals surface area contributed by atoms with E-state index in [1.165, 1.54) is 12.5 Å². The molecule has 2 saturated carbocycles. The smallest absolute Gasteiger partial charge is 0.327 e. The van der Waals surface area contributed by atoms with E-state index in [-0.39, 0.29) is 6.04 Å². The van der Waals surface area contributed by atoms with E-state index in [0.717, 1.165) is 38.5 Å². The van der Waals surface area contributed by atoms with Crippen molar-refractivity contribution >= 4 is 16.0 Å². The zero-order valence-electron chi connectivity index (χ0n) is 14.9. The average Bonchev–Trinajstić information content (AvgIpc) is 3.20. The summed E-state index contributed by atoms with van der Waals surface area (Å²) in [4.78, 5) is 10.8. The van der Waals surface area contributed by atoms with E-state index in [1.54, 1.807) is 30.3 Å². The van der Waals surface area contributed by atoms with Crippen LogP contribution in [-0.4, -0.2) is 25.5 Å². The molecule has 4 atom stereocenters. The number of fused-ring (bicyclic) bond motifs is 2. The predicted octanol–water partition coefficient (Wildman–Crippen LogP) is 3.58. The van der Waals surface area contributed by atoms with E-state index < -0.39 is 16.0 Å². The number of rotatable bonds is 9. The molecule has 0 spiro atoms. The monoisotopic (exact) mass is 377 g/mol. The van der Waals surface area contributed by atoms with Crippen LogP contribution >= 0.6 is 0 Å². The van der Waals surface area contributed by atoms with E-state index in [2.05, 4.69) is 4.72 Å². The summed E-state index contributed by atoms with van der Waals surface area (Å²) in [6, 6.07) is 8.62. The molecule has 2 aliphatic rings. The minimum atomic E-state index is -3.47. The molecule has 0 saturated heterocycles. The number of carbonyl (C=O) groups is 1. The van der Waals surface area contributed by atoms with Crippen molar-refractivity contribution in [3.63, 3.8) is 0 Å². The number of hydrogen-bond donors (Lipinski definition) is 2. The topological polar surface area (TPSA) is 83.5 Å². The van der Waals surface area contributed by atoms with Crippen LogP contribution in [0.25, 0.3) is 0 Å². The van der Waals surface area contributed by atoms with Crippen molar-refractivity contribution in [3.8, 4) is 0 Å². The Morgan fingerprint density at radius 1 is 1.15 bits per heavy atom. The molecule has 2 N–H and O–H groups in total. The van der Waals surface area contributed by atoms with E-state index in [0.29, 0.717) is 22.6 Å². The lowest BCUT2D eigenvalue weighted by atomic mass is 9.81. The van der Waals surface area contributed by atoms with Crippen LogP contribution in [-0.2, 0) is 14.8 Å². The highest BCUT2D eigenvalue weighted by Gasteiger charge is 2.48. The van der Waals surface area contributed by atoms with E-state index in [1.807, 2.05) is 6.07 Å². The van der Waals surface area contributed by atoms with Gasteiger partial charge in [0.15, 0.2) is 0 Å². The molecular weight excluding hydrogens is 350 g/mol. The first kappa shape index (κ1) is 19.1. The second-order valence-corrected chi connectivity index (χ2v) is 9.20. The molecule has 0 aliphatic heterocycles. The summed E-state index contributed by atoms with van der Waals surface area (Å²) in [6.45, 7) is 0. The summed E-state index contributed by atoms with van der Waals surface area (Å²) in [7, 11) is -3.47. The molecule has 1 aromatic carbocycles. The van der Waals surface area contributed by atoms with Crippen LogP contribution in [0, 0.1) is 17.8 Å². The van der Waals surface area contributed by atoms with Crippen LogP contribution in [0.15, 0.2) is 47.4 Å². The summed E-state index contributed by atoms with van der Waals surface area (Å²) >= 11 is 0. The first-order valence-corrected chi connectivity index (χ1v) is 10.9. The Balaban J connectivity index is 1.58. The molecular formula is C20H27NO4S. The van der Waals surface area contributed by atoms with Crippen LogP contribution < -0.4 is 4.72 Å². The van der Waals surface area contributed by atoms with Crippen LogP contribution in [0.3, 0.4) is 0 Å². The number of carboxylic acid groups (broad SMARTS) is 1. The van der Waals surface area contributed by atoms with Gasteiger partial charge in [0.1, 0.15) is 0 Å². The summed E-state index contributed by atoms with van der Waals surface area (Å²) in [6.07, 6.45) is 10.0. The van der Waals surface area contributed by atoms with Gasteiger partial charge in [0.05, 0.1) is 4.90 Å². The molecule has 2 fully saturated rings. The summed E-state index contributed by atoms with van der Waals surface area (Å²) < 4.78 is 28.4. The highest BCUT2D eigenvalue weighted by molar-refractivity contribution is 7.89. The Kier molecular flexibility index (Phi) is 6.14. The molecule has 4 unspecified atom stereocenters. The summed E-state index contributed by atoms with van der Waals surface area (Å²) in [5.74, 6) is 0.567. The molecule has 142 valence electrons. The molecule has 1 aromatic rings. The number of unbranched alkanes of at least 4 members (excludes halogenated alkanes) is 2. The van der Waals surface area contributed by atoms with Gasteiger partial charge < -0.3 is 5.11 Å². The molecule has 0 heterocycles. The van der Waals surface area contributed by atoms with Crippen molar-refractivity contribution in [2.75, 3.05) is 0 Å². The van der Waals surface area contributed by atoms with Crippen molar-refractivity contribution in [2.24, 2.45) is 17.8 Å². The number of aliphatic carboxylic acids is 1. The molecule has 2 aliphatic carbocycles. The first-order valence-electron chi connectivity index (χ1n) is 9.44. The quantitative estimate of drug-likeness (QED) is 0.509. The maximum atomic E-state index is 12.7. The van der Waals surface area contributed by atoms with Crippen molar-refractivity contribution in [1.29, 1.82) is 0 Å². The number of hydrogen-bond acceptors (Lipinski definition) is 3. The van der Waals surface area contributed by atoms with Gasteiger partial charge >= 0.3 is 5.97 Å². The third-order valence-electron chi connectivity index (χ3n) is 5.85. The van der Waals surface area contributed by atoms with Crippen LogP contribution in [0.2, 0.25) is 0 Å². The molecule has 0 aromatic heterocycles. The van der Waals surface area contributed by atoms with Gasteiger partial charge in [0, 0.05) is 12.1 Å². The van der Waals surface area contributed by atoms with Crippen molar-refractivity contribution < 1.29 is 18.3 Å². The van der Waals surface area contributed by atoms with Gasteiger partial charge in [-0.05, 0) is 68.4 Å². The molecule has 3 rings (SSSR count). The van der Waals surface area contributed by atoms with Crippen LogP contribution in [0.5, 0.6) is 0 Å². The Bertz CT molecular complexity index is 744.